The second-order valence-corrected chi connectivity index (χ2v) is 4.50. The Morgan fingerprint density at radius 1 is 1.35 bits per heavy atom. The average molecular weight is 233 g/mol. The highest BCUT2D eigenvalue weighted by Crippen LogP contribution is 2.33. The van der Waals surface area contributed by atoms with Crippen LogP contribution in [0.5, 0.6) is 0 Å². The number of carboxylic acids is 1. The maximum Gasteiger partial charge on any atom is 0.326 e. The number of carbonyl (C=O) groups is 2. The zero-order valence-electron chi connectivity index (χ0n) is 9.86. The van der Waals surface area contributed by atoms with Gasteiger partial charge >= 0.3 is 5.97 Å². The predicted molar refractivity (Wildman–Crippen MR) is 62.8 cm³/mol. The zero-order valence-corrected chi connectivity index (χ0v) is 9.86. The van der Waals surface area contributed by atoms with E-state index in [1.54, 1.807) is 0 Å². The summed E-state index contributed by atoms with van der Waals surface area (Å²) in [7, 11) is 0. The van der Waals surface area contributed by atoms with Gasteiger partial charge in [-0.3, -0.25) is 4.79 Å². The van der Waals surface area contributed by atoms with Gasteiger partial charge in [-0.2, -0.15) is 0 Å². The summed E-state index contributed by atoms with van der Waals surface area (Å²) in [4.78, 5) is 22.5. The first-order valence-corrected chi connectivity index (χ1v) is 5.59. The Labute approximate surface area is 99.6 Å². The molecular weight excluding hydrogens is 218 g/mol. The third kappa shape index (κ3) is 2.02. The molecule has 1 amide bonds. The second kappa shape index (κ2) is 4.20. The van der Waals surface area contributed by atoms with Gasteiger partial charge in [-0.25, -0.2) is 4.79 Å². The summed E-state index contributed by atoms with van der Waals surface area (Å²) in [6, 6.07) is 5.03. The highest BCUT2D eigenvalue weighted by molar-refractivity contribution is 5.89. The normalized spacial score (nSPS) is 23.5. The van der Waals surface area contributed by atoms with Crippen molar-refractivity contribution in [2.45, 2.75) is 32.2 Å². The Kier molecular flexibility index (Phi) is 2.88. The number of hydrogen-bond donors (Lipinski definition) is 2. The molecule has 1 saturated heterocycles. The fourth-order valence-electron chi connectivity index (χ4n) is 2.57. The summed E-state index contributed by atoms with van der Waals surface area (Å²) in [5.74, 6) is -1.42. The molecule has 17 heavy (non-hydrogen) atoms. The first-order chi connectivity index (χ1) is 8.00. The van der Waals surface area contributed by atoms with Crippen LogP contribution in [-0.4, -0.2) is 23.0 Å². The molecule has 1 aromatic carbocycles. The summed E-state index contributed by atoms with van der Waals surface area (Å²) in [5, 5.41) is 11.6. The van der Waals surface area contributed by atoms with Crippen molar-refractivity contribution in [3.63, 3.8) is 0 Å². The standard InChI is InChI=1S/C13H15NO3/c1-7-4-3-5-8(2)11(7)9-6-10(15)14-12(9)13(16)17/h3-5,9,12H,6H2,1-2H3,(H,14,15)(H,16,17). The number of benzene rings is 1. The van der Waals surface area contributed by atoms with E-state index in [0.717, 1.165) is 16.7 Å². The summed E-state index contributed by atoms with van der Waals surface area (Å²) in [6.07, 6.45) is 0.253. The van der Waals surface area contributed by atoms with Gasteiger partial charge in [0.05, 0.1) is 0 Å². The van der Waals surface area contributed by atoms with Crippen LogP contribution in [0, 0.1) is 13.8 Å². The Morgan fingerprint density at radius 3 is 2.47 bits per heavy atom. The summed E-state index contributed by atoms with van der Waals surface area (Å²) in [6.45, 7) is 3.90. The molecule has 4 heteroatoms. The van der Waals surface area contributed by atoms with Crippen LogP contribution >= 0.6 is 0 Å². The van der Waals surface area contributed by atoms with Crippen LogP contribution in [0.1, 0.15) is 29.0 Å². The monoisotopic (exact) mass is 233 g/mol. The second-order valence-electron chi connectivity index (χ2n) is 4.50. The third-order valence-corrected chi connectivity index (χ3v) is 3.30. The Balaban J connectivity index is 2.45. The van der Waals surface area contributed by atoms with Crippen molar-refractivity contribution in [3.05, 3.63) is 34.9 Å². The van der Waals surface area contributed by atoms with Crippen LogP contribution < -0.4 is 5.32 Å². The molecule has 0 aliphatic carbocycles. The molecule has 1 fully saturated rings. The molecule has 0 bridgehead atoms. The van der Waals surface area contributed by atoms with Gasteiger partial charge in [-0.15, -0.1) is 0 Å². The minimum absolute atomic E-state index is 0.190. The van der Waals surface area contributed by atoms with E-state index in [-0.39, 0.29) is 18.2 Å². The van der Waals surface area contributed by atoms with E-state index < -0.39 is 12.0 Å². The lowest BCUT2D eigenvalue weighted by Crippen LogP contribution is -2.36. The van der Waals surface area contributed by atoms with Gasteiger partial charge in [0.1, 0.15) is 6.04 Å². The summed E-state index contributed by atoms with van der Waals surface area (Å²) >= 11 is 0. The Hall–Kier alpha value is -1.84. The van der Waals surface area contributed by atoms with Crippen molar-refractivity contribution < 1.29 is 14.7 Å². The molecule has 0 saturated carbocycles. The van der Waals surface area contributed by atoms with Crippen molar-refractivity contribution >= 4 is 11.9 Å². The van der Waals surface area contributed by atoms with Gasteiger partial charge in [-0.05, 0) is 30.5 Å². The maximum absolute atomic E-state index is 11.4. The quantitative estimate of drug-likeness (QED) is 0.810. The minimum atomic E-state index is -0.969. The molecule has 2 unspecified atom stereocenters. The fourth-order valence-corrected chi connectivity index (χ4v) is 2.57. The van der Waals surface area contributed by atoms with Crippen LogP contribution in [0.3, 0.4) is 0 Å². The van der Waals surface area contributed by atoms with Crippen molar-refractivity contribution in [2.24, 2.45) is 0 Å². The molecule has 0 radical (unpaired) electrons. The molecule has 0 aromatic heterocycles. The molecule has 1 heterocycles. The van der Waals surface area contributed by atoms with E-state index in [9.17, 15) is 9.59 Å². The van der Waals surface area contributed by atoms with Gasteiger partial charge in [0.15, 0.2) is 0 Å². The average Bonchev–Trinajstić information content (AvgIpc) is 2.60. The number of aliphatic carboxylic acids is 1. The molecule has 2 N–H and O–H groups in total. The van der Waals surface area contributed by atoms with E-state index >= 15 is 0 Å². The van der Waals surface area contributed by atoms with Crippen molar-refractivity contribution in [1.29, 1.82) is 0 Å². The first kappa shape index (κ1) is 11.6. The number of hydrogen-bond acceptors (Lipinski definition) is 2. The number of carbonyl (C=O) groups excluding carboxylic acids is 1. The van der Waals surface area contributed by atoms with Crippen LogP contribution in [0.4, 0.5) is 0 Å². The van der Waals surface area contributed by atoms with Gasteiger partial charge < -0.3 is 10.4 Å². The largest absolute Gasteiger partial charge is 0.480 e. The molecule has 4 nitrogen and oxygen atoms in total. The van der Waals surface area contributed by atoms with E-state index in [1.165, 1.54) is 0 Å². The number of nitrogens with one attached hydrogen (secondary N) is 1. The summed E-state index contributed by atoms with van der Waals surface area (Å²) in [5.41, 5.74) is 3.06. The Bertz CT molecular complexity index is 461. The first-order valence-electron chi connectivity index (χ1n) is 5.59. The minimum Gasteiger partial charge on any atom is -0.480 e. The van der Waals surface area contributed by atoms with E-state index in [4.69, 9.17) is 5.11 Å². The van der Waals surface area contributed by atoms with Crippen LogP contribution in [0.2, 0.25) is 0 Å². The van der Waals surface area contributed by atoms with E-state index in [1.807, 2.05) is 32.0 Å². The van der Waals surface area contributed by atoms with Crippen LogP contribution in [0.25, 0.3) is 0 Å². The van der Waals surface area contributed by atoms with Gasteiger partial charge in [0.2, 0.25) is 5.91 Å². The SMILES string of the molecule is Cc1cccc(C)c1C1CC(=O)NC1C(=O)O. The fraction of sp³-hybridized carbons (Fsp3) is 0.385. The molecule has 2 atom stereocenters. The molecule has 2 rings (SSSR count). The van der Waals surface area contributed by atoms with Gasteiger partial charge in [0, 0.05) is 12.3 Å². The lowest BCUT2D eigenvalue weighted by molar-refractivity contribution is -0.140. The smallest absolute Gasteiger partial charge is 0.326 e. The van der Waals surface area contributed by atoms with Crippen molar-refractivity contribution in [2.75, 3.05) is 0 Å². The van der Waals surface area contributed by atoms with Gasteiger partial charge in [0.25, 0.3) is 0 Å². The number of carboxylic acid groups (broad SMARTS) is 1. The Morgan fingerprint density at radius 2 is 1.94 bits per heavy atom. The van der Waals surface area contributed by atoms with Crippen molar-refractivity contribution in [1.82, 2.24) is 5.32 Å². The molecule has 1 aliphatic rings. The van der Waals surface area contributed by atoms with Crippen molar-refractivity contribution in [3.8, 4) is 0 Å². The zero-order chi connectivity index (χ0) is 12.6. The highest BCUT2D eigenvalue weighted by Gasteiger charge is 2.39. The molecule has 90 valence electrons. The number of rotatable bonds is 2. The summed E-state index contributed by atoms with van der Waals surface area (Å²) < 4.78 is 0. The van der Waals surface area contributed by atoms with Crippen LogP contribution in [0.15, 0.2) is 18.2 Å². The van der Waals surface area contributed by atoms with Crippen LogP contribution in [-0.2, 0) is 9.59 Å². The molecule has 1 aromatic rings. The van der Waals surface area contributed by atoms with E-state index in [2.05, 4.69) is 5.32 Å². The molecular formula is C13H15NO3. The number of amides is 1. The topological polar surface area (TPSA) is 66.4 Å². The molecule has 1 aliphatic heterocycles. The lowest BCUT2D eigenvalue weighted by Gasteiger charge is -2.19. The lowest BCUT2D eigenvalue weighted by atomic mass is 9.86. The molecule has 0 spiro atoms. The van der Waals surface area contributed by atoms with E-state index in [0.29, 0.717) is 0 Å². The third-order valence-electron chi connectivity index (χ3n) is 3.30. The number of aryl methyl sites for hydroxylation is 2. The predicted octanol–water partition coefficient (Wildman–Crippen LogP) is 1.36. The highest BCUT2D eigenvalue weighted by atomic mass is 16.4. The maximum atomic E-state index is 11.4. The van der Waals surface area contributed by atoms with Gasteiger partial charge in [-0.1, -0.05) is 18.2 Å².